The second-order valence-electron chi connectivity index (χ2n) is 4.62. The van der Waals surface area contributed by atoms with Crippen LogP contribution in [0, 0.1) is 0 Å². The van der Waals surface area contributed by atoms with E-state index in [1.807, 2.05) is 18.2 Å². The van der Waals surface area contributed by atoms with Gasteiger partial charge in [-0.15, -0.1) is 0 Å². The SMILES string of the molecule is FC(F)C(F)(F)CNCc1ccc2c(c1)CCC2. The molecule has 0 radical (unpaired) electrons. The van der Waals surface area contributed by atoms with Gasteiger partial charge in [0.1, 0.15) is 0 Å². The van der Waals surface area contributed by atoms with E-state index in [9.17, 15) is 17.6 Å². The highest BCUT2D eigenvalue weighted by molar-refractivity contribution is 5.35. The summed E-state index contributed by atoms with van der Waals surface area (Å²) in [6.45, 7) is -0.808. The molecular weight excluding hydrogens is 246 g/mol. The van der Waals surface area contributed by atoms with Crippen LogP contribution in [0.2, 0.25) is 0 Å². The molecule has 1 N–H and O–H groups in total. The van der Waals surface area contributed by atoms with Crippen molar-refractivity contribution >= 4 is 0 Å². The number of rotatable bonds is 5. The van der Waals surface area contributed by atoms with Crippen molar-refractivity contribution in [3.05, 3.63) is 34.9 Å². The van der Waals surface area contributed by atoms with Gasteiger partial charge in [0.2, 0.25) is 0 Å². The summed E-state index contributed by atoms with van der Waals surface area (Å²) in [5, 5.41) is 2.38. The van der Waals surface area contributed by atoms with Crippen LogP contribution < -0.4 is 5.32 Å². The molecule has 0 saturated heterocycles. The van der Waals surface area contributed by atoms with Crippen molar-refractivity contribution < 1.29 is 17.6 Å². The van der Waals surface area contributed by atoms with Crippen LogP contribution in [0.4, 0.5) is 17.6 Å². The Hall–Kier alpha value is -1.10. The van der Waals surface area contributed by atoms with E-state index in [0.717, 1.165) is 24.8 Å². The van der Waals surface area contributed by atoms with Crippen LogP contribution in [0.5, 0.6) is 0 Å². The molecular formula is C13H15F4N. The topological polar surface area (TPSA) is 12.0 Å². The molecule has 0 spiro atoms. The smallest absolute Gasteiger partial charge is 0.307 e. The zero-order valence-electron chi connectivity index (χ0n) is 9.86. The molecule has 0 aliphatic heterocycles. The Morgan fingerprint density at radius 1 is 1.17 bits per heavy atom. The first-order chi connectivity index (χ1) is 8.49. The zero-order valence-corrected chi connectivity index (χ0v) is 9.86. The van der Waals surface area contributed by atoms with Crippen molar-refractivity contribution in [1.29, 1.82) is 0 Å². The molecule has 0 aromatic heterocycles. The van der Waals surface area contributed by atoms with Gasteiger partial charge in [0, 0.05) is 6.54 Å². The molecule has 1 aliphatic rings. The molecule has 0 fully saturated rings. The van der Waals surface area contributed by atoms with Crippen LogP contribution in [0.1, 0.15) is 23.1 Å². The van der Waals surface area contributed by atoms with E-state index in [-0.39, 0.29) is 6.54 Å². The van der Waals surface area contributed by atoms with E-state index in [0.29, 0.717) is 0 Å². The average molecular weight is 261 g/mol. The minimum atomic E-state index is -3.96. The van der Waals surface area contributed by atoms with E-state index >= 15 is 0 Å². The lowest BCUT2D eigenvalue weighted by atomic mass is 10.1. The number of hydrogen-bond acceptors (Lipinski definition) is 1. The second kappa shape index (κ2) is 5.26. The van der Waals surface area contributed by atoms with Gasteiger partial charge in [-0.05, 0) is 36.0 Å². The summed E-state index contributed by atoms with van der Waals surface area (Å²) in [7, 11) is 0. The summed E-state index contributed by atoms with van der Waals surface area (Å²) in [5.41, 5.74) is 3.41. The van der Waals surface area contributed by atoms with Gasteiger partial charge >= 0.3 is 12.3 Å². The maximum atomic E-state index is 12.7. The Labute approximate surface area is 103 Å². The number of hydrogen-bond donors (Lipinski definition) is 1. The number of alkyl halides is 4. The lowest BCUT2D eigenvalue weighted by Crippen LogP contribution is -2.38. The fraction of sp³-hybridized carbons (Fsp3) is 0.538. The summed E-state index contributed by atoms with van der Waals surface area (Å²) in [6, 6.07) is 5.82. The average Bonchev–Trinajstić information content (AvgIpc) is 2.75. The summed E-state index contributed by atoms with van der Waals surface area (Å²) >= 11 is 0. The van der Waals surface area contributed by atoms with Gasteiger partial charge in [0.25, 0.3) is 0 Å². The summed E-state index contributed by atoms with van der Waals surface area (Å²) in [5.74, 6) is -3.96. The third-order valence-corrected chi connectivity index (χ3v) is 3.17. The van der Waals surface area contributed by atoms with Gasteiger partial charge in [0.15, 0.2) is 0 Å². The molecule has 1 aromatic rings. The molecule has 1 aromatic carbocycles. The fourth-order valence-corrected chi connectivity index (χ4v) is 2.19. The van der Waals surface area contributed by atoms with Crippen molar-refractivity contribution in [2.75, 3.05) is 6.54 Å². The molecule has 5 heteroatoms. The van der Waals surface area contributed by atoms with Crippen molar-refractivity contribution in [1.82, 2.24) is 5.32 Å². The third-order valence-electron chi connectivity index (χ3n) is 3.17. The van der Waals surface area contributed by atoms with E-state index < -0.39 is 18.9 Å². The van der Waals surface area contributed by atoms with Gasteiger partial charge in [-0.1, -0.05) is 18.2 Å². The number of aryl methyl sites for hydroxylation is 2. The molecule has 18 heavy (non-hydrogen) atoms. The molecule has 2 rings (SSSR count). The number of halogens is 4. The van der Waals surface area contributed by atoms with Crippen LogP contribution in [0.3, 0.4) is 0 Å². The largest absolute Gasteiger partial charge is 0.319 e. The van der Waals surface area contributed by atoms with E-state index in [2.05, 4.69) is 5.32 Å². The normalized spacial score (nSPS) is 15.2. The highest BCUT2D eigenvalue weighted by Gasteiger charge is 2.39. The Morgan fingerprint density at radius 2 is 1.89 bits per heavy atom. The lowest BCUT2D eigenvalue weighted by Gasteiger charge is -2.16. The van der Waals surface area contributed by atoms with Gasteiger partial charge in [-0.2, -0.15) is 8.78 Å². The third kappa shape index (κ3) is 3.02. The minimum Gasteiger partial charge on any atom is -0.307 e. The molecule has 1 aliphatic carbocycles. The fourth-order valence-electron chi connectivity index (χ4n) is 2.19. The molecule has 0 saturated carbocycles. The highest BCUT2D eigenvalue weighted by Crippen LogP contribution is 2.24. The first-order valence-corrected chi connectivity index (χ1v) is 5.96. The van der Waals surface area contributed by atoms with Gasteiger partial charge in [0.05, 0.1) is 6.54 Å². The van der Waals surface area contributed by atoms with Crippen LogP contribution in [0.15, 0.2) is 18.2 Å². The van der Waals surface area contributed by atoms with Crippen LogP contribution in [-0.4, -0.2) is 18.9 Å². The Bertz CT molecular complexity index is 417. The van der Waals surface area contributed by atoms with Gasteiger partial charge in [-0.25, -0.2) is 8.78 Å². The molecule has 0 atom stereocenters. The Balaban J connectivity index is 1.87. The summed E-state index contributed by atoms with van der Waals surface area (Å²) in [4.78, 5) is 0. The maximum absolute atomic E-state index is 12.7. The van der Waals surface area contributed by atoms with Crippen molar-refractivity contribution in [2.45, 2.75) is 38.2 Å². The molecule has 0 unspecified atom stereocenters. The van der Waals surface area contributed by atoms with Gasteiger partial charge < -0.3 is 5.32 Å². The number of fused-ring (bicyclic) bond motifs is 1. The van der Waals surface area contributed by atoms with Gasteiger partial charge in [-0.3, -0.25) is 0 Å². The molecule has 0 heterocycles. The predicted molar refractivity (Wildman–Crippen MR) is 61.1 cm³/mol. The first kappa shape index (κ1) is 13.3. The Morgan fingerprint density at radius 3 is 2.61 bits per heavy atom. The quantitative estimate of drug-likeness (QED) is 0.803. The van der Waals surface area contributed by atoms with Crippen molar-refractivity contribution in [3.8, 4) is 0 Å². The highest BCUT2D eigenvalue weighted by atomic mass is 19.3. The second-order valence-corrected chi connectivity index (χ2v) is 4.62. The van der Waals surface area contributed by atoms with Crippen molar-refractivity contribution in [3.63, 3.8) is 0 Å². The predicted octanol–water partition coefficient (Wildman–Crippen LogP) is 3.17. The lowest BCUT2D eigenvalue weighted by molar-refractivity contribution is -0.125. The van der Waals surface area contributed by atoms with Crippen LogP contribution >= 0.6 is 0 Å². The number of benzene rings is 1. The van der Waals surface area contributed by atoms with Crippen LogP contribution in [0.25, 0.3) is 0 Å². The van der Waals surface area contributed by atoms with Crippen LogP contribution in [-0.2, 0) is 19.4 Å². The minimum absolute atomic E-state index is 0.190. The molecule has 0 bridgehead atoms. The van der Waals surface area contributed by atoms with E-state index in [4.69, 9.17) is 0 Å². The zero-order chi connectivity index (χ0) is 13.2. The first-order valence-electron chi connectivity index (χ1n) is 5.96. The van der Waals surface area contributed by atoms with E-state index in [1.165, 1.54) is 11.1 Å². The van der Waals surface area contributed by atoms with E-state index in [1.54, 1.807) is 0 Å². The number of nitrogens with one attached hydrogen (secondary N) is 1. The molecule has 100 valence electrons. The monoisotopic (exact) mass is 261 g/mol. The molecule has 0 amide bonds. The summed E-state index contributed by atoms with van der Waals surface area (Å²) < 4.78 is 49.2. The summed E-state index contributed by atoms with van der Waals surface area (Å²) in [6.07, 6.45) is -0.427. The van der Waals surface area contributed by atoms with Crippen molar-refractivity contribution in [2.24, 2.45) is 0 Å². The Kier molecular flexibility index (Phi) is 3.90. The maximum Gasteiger partial charge on any atom is 0.319 e. The standard InChI is InChI=1S/C13H15F4N/c14-12(15)13(16,17)8-18-7-9-4-5-10-2-1-3-11(10)6-9/h4-6,12,18H,1-3,7-8H2. The molecule has 1 nitrogen and oxygen atoms in total.